The minimum absolute atomic E-state index is 0.350. The molecule has 1 aliphatic rings. The number of carbonyl (C=O) groups excluding carboxylic acids is 1. The van der Waals surface area contributed by atoms with Gasteiger partial charge in [-0.25, -0.2) is 13.6 Å². The van der Waals surface area contributed by atoms with Gasteiger partial charge in [0.2, 0.25) is 0 Å². The number of carbonyl (C=O) groups is 1. The minimum atomic E-state index is -0.929. The highest BCUT2D eigenvalue weighted by Crippen LogP contribution is 2.16. The molecule has 0 saturated carbocycles. The monoisotopic (exact) mass is 210 g/mol. The largest absolute Gasteiger partial charge is 0.334 e. The summed E-state index contributed by atoms with van der Waals surface area (Å²) in [5.74, 6) is -1.83. The third-order valence-corrected chi connectivity index (χ3v) is 2.05. The van der Waals surface area contributed by atoms with Crippen LogP contribution in [-0.2, 0) is 0 Å². The predicted octanol–water partition coefficient (Wildman–Crippen LogP) is 1.62. The van der Waals surface area contributed by atoms with Gasteiger partial charge >= 0.3 is 6.03 Å². The van der Waals surface area contributed by atoms with E-state index in [0.717, 1.165) is 12.1 Å². The van der Waals surface area contributed by atoms with Gasteiger partial charge in [0.1, 0.15) is 0 Å². The van der Waals surface area contributed by atoms with Gasteiger partial charge in [-0.2, -0.15) is 0 Å². The van der Waals surface area contributed by atoms with Gasteiger partial charge in [-0.3, -0.25) is 0 Å². The molecule has 1 heterocycles. The molecule has 2 rings (SSSR count). The maximum atomic E-state index is 12.9. The number of hydrogen-bond donors (Lipinski definition) is 2. The molecule has 0 radical (unpaired) electrons. The highest BCUT2D eigenvalue weighted by atomic mass is 19.2. The van der Waals surface area contributed by atoms with Crippen LogP contribution in [0.5, 0.6) is 0 Å². The summed E-state index contributed by atoms with van der Waals surface area (Å²) in [6.45, 7) is 0.375. The van der Waals surface area contributed by atoms with Crippen molar-refractivity contribution < 1.29 is 13.6 Å². The zero-order valence-electron chi connectivity index (χ0n) is 7.68. The summed E-state index contributed by atoms with van der Waals surface area (Å²) in [6, 6.07) is 3.14. The third-order valence-electron chi connectivity index (χ3n) is 2.05. The van der Waals surface area contributed by atoms with Crippen molar-refractivity contribution in [2.24, 2.45) is 0 Å². The van der Waals surface area contributed by atoms with E-state index in [4.69, 9.17) is 0 Å². The van der Waals surface area contributed by atoms with Gasteiger partial charge in [0.05, 0.1) is 0 Å². The lowest BCUT2D eigenvalue weighted by Crippen LogP contribution is -2.38. The zero-order chi connectivity index (χ0) is 10.8. The molecule has 0 aliphatic carbocycles. The molecule has 5 heteroatoms. The number of rotatable bonds is 1. The van der Waals surface area contributed by atoms with Crippen LogP contribution in [0.15, 0.2) is 24.3 Å². The van der Waals surface area contributed by atoms with Crippen molar-refractivity contribution in [2.45, 2.75) is 0 Å². The number of amides is 2. The maximum absolute atomic E-state index is 12.9. The number of nitrogens with one attached hydrogen (secondary N) is 2. The van der Waals surface area contributed by atoms with Crippen molar-refractivity contribution in [3.8, 4) is 0 Å². The van der Waals surface area contributed by atoms with Crippen LogP contribution in [0.2, 0.25) is 0 Å². The van der Waals surface area contributed by atoms with Crippen LogP contribution in [0.3, 0.4) is 0 Å². The summed E-state index contributed by atoms with van der Waals surface area (Å²) < 4.78 is 25.5. The summed E-state index contributed by atoms with van der Waals surface area (Å²) in [4.78, 5) is 11.0. The molecule has 0 atom stereocenters. The van der Waals surface area contributed by atoms with E-state index >= 15 is 0 Å². The van der Waals surface area contributed by atoms with E-state index in [1.807, 2.05) is 0 Å². The van der Waals surface area contributed by atoms with E-state index in [0.29, 0.717) is 17.8 Å². The Morgan fingerprint density at radius 2 is 2.00 bits per heavy atom. The second kappa shape index (κ2) is 3.68. The molecule has 1 aliphatic heterocycles. The van der Waals surface area contributed by atoms with E-state index in [1.165, 1.54) is 6.07 Å². The predicted molar refractivity (Wildman–Crippen MR) is 50.9 cm³/mol. The SMILES string of the molecule is O=C1NCC=C(c2ccc(F)c(F)c2)N1. The highest BCUT2D eigenvalue weighted by molar-refractivity contribution is 5.87. The van der Waals surface area contributed by atoms with Crippen molar-refractivity contribution >= 4 is 11.7 Å². The lowest BCUT2D eigenvalue weighted by molar-refractivity contribution is 0.245. The average Bonchev–Trinajstić information content (AvgIpc) is 2.22. The molecule has 2 amide bonds. The number of benzene rings is 1. The zero-order valence-corrected chi connectivity index (χ0v) is 7.68. The van der Waals surface area contributed by atoms with Gasteiger partial charge in [0.25, 0.3) is 0 Å². The van der Waals surface area contributed by atoms with Gasteiger partial charge in [-0.1, -0.05) is 0 Å². The Kier molecular flexibility index (Phi) is 2.37. The number of hydrogen-bond acceptors (Lipinski definition) is 1. The molecule has 1 aromatic rings. The summed E-state index contributed by atoms with van der Waals surface area (Å²) in [6.07, 6.45) is 1.69. The molecular formula is C10H8F2N2O. The smallest absolute Gasteiger partial charge is 0.319 e. The van der Waals surface area contributed by atoms with Crippen molar-refractivity contribution in [3.63, 3.8) is 0 Å². The van der Waals surface area contributed by atoms with Gasteiger partial charge < -0.3 is 10.6 Å². The summed E-state index contributed by atoms with van der Waals surface area (Å²) in [7, 11) is 0. The average molecular weight is 210 g/mol. The Balaban J connectivity index is 2.33. The minimum Gasteiger partial charge on any atom is -0.334 e. The summed E-state index contributed by atoms with van der Waals surface area (Å²) in [5.41, 5.74) is 0.932. The van der Waals surface area contributed by atoms with E-state index in [2.05, 4.69) is 10.6 Å². The fourth-order valence-corrected chi connectivity index (χ4v) is 1.32. The quantitative estimate of drug-likeness (QED) is 0.726. The van der Waals surface area contributed by atoms with Crippen LogP contribution in [0.25, 0.3) is 5.70 Å². The fraction of sp³-hybridized carbons (Fsp3) is 0.100. The van der Waals surface area contributed by atoms with Crippen LogP contribution < -0.4 is 10.6 Å². The molecular weight excluding hydrogens is 202 g/mol. The second-order valence-corrected chi connectivity index (χ2v) is 3.08. The first kappa shape index (κ1) is 9.64. The molecule has 0 aromatic heterocycles. The number of urea groups is 1. The summed E-state index contributed by atoms with van der Waals surface area (Å²) in [5, 5.41) is 5.01. The highest BCUT2D eigenvalue weighted by Gasteiger charge is 2.12. The topological polar surface area (TPSA) is 41.1 Å². The Hall–Kier alpha value is -1.91. The summed E-state index contributed by atoms with van der Waals surface area (Å²) >= 11 is 0. The molecule has 0 bridgehead atoms. The van der Waals surface area contributed by atoms with Crippen LogP contribution in [0.1, 0.15) is 5.56 Å². The maximum Gasteiger partial charge on any atom is 0.319 e. The Morgan fingerprint density at radius 1 is 1.20 bits per heavy atom. The Bertz CT molecular complexity index is 443. The van der Waals surface area contributed by atoms with Gasteiger partial charge in [-0.15, -0.1) is 0 Å². The van der Waals surface area contributed by atoms with E-state index in [-0.39, 0.29) is 6.03 Å². The number of halogens is 2. The molecule has 3 nitrogen and oxygen atoms in total. The Morgan fingerprint density at radius 3 is 2.67 bits per heavy atom. The van der Waals surface area contributed by atoms with Crippen LogP contribution in [-0.4, -0.2) is 12.6 Å². The van der Waals surface area contributed by atoms with E-state index in [1.54, 1.807) is 6.08 Å². The normalized spacial score (nSPS) is 15.3. The fourth-order valence-electron chi connectivity index (χ4n) is 1.32. The first-order valence-corrected chi connectivity index (χ1v) is 4.37. The van der Waals surface area contributed by atoms with Crippen LogP contribution in [0, 0.1) is 11.6 Å². The van der Waals surface area contributed by atoms with Gasteiger partial charge in [0.15, 0.2) is 11.6 Å². The first-order chi connectivity index (χ1) is 7.16. The molecule has 0 unspecified atom stereocenters. The van der Waals surface area contributed by atoms with E-state index < -0.39 is 11.6 Å². The van der Waals surface area contributed by atoms with Gasteiger partial charge in [0, 0.05) is 17.8 Å². The van der Waals surface area contributed by atoms with Crippen molar-refractivity contribution in [3.05, 3.63) is 41.5 Å². The molecule has 0 spiro atoms. The van der Waals surface area contributed by atoms with Crippen molar-refractivity contribution in [1.29, 1.82) is 0 Å². The van der Waals surface area contributed by atoms with Gasteiger partial charge in [-0.05, 0) is 24.3 Å². The van der Waals surface area contributed by atoms with E-state index in [9.17, 15) is 13.6 Å². The lowest BCUT2D eigenvalue weighted by Gasteiger charge is -2.15. The van der Waals surface area contributed by atoms with Crippen molar-refractivity contribution in [2.75, 3.05) is 6.54 Å². The molecule has 0 fully saturated rings. The van der Waals surface area contributed by atoms with Crippen LogP contribution >= 0.6 is 0 Å². The standard InChI is InChI=1S/C10H8F2N2O/c11-7-2-1-6(5-8(7)12)9-3-4-13-10(15)14-9/h1-3,5H,4H2,(H2,13,14,15). The molecule has 0 saturated heterocycles. The third kappa shape index (κ3) is 1.96. The molecule has 15 heavy (non-hydrogen) atoms. The van der Waals surface area contributed by atoms with Crippen LogP contribution in [0.4, 0.5) is 13.6 Å². The molecule has 78 valence electrons. The molecule has 1 aromatic carbocycles. The first-order valence-electron chi connectivity index (χ1n) is 4.37. The molecule has 2 N–H and O–H groups in total. The lowest BCUT2D eigenvalue weighted by atomic mass is 10.1. The Labute approximate surface area is 84.8 Å². The van der Waals surface area contributed by atoms with Crippen molar-refractivity contribution in [1.82, 2.24) is 10.6 Å². The second-order valence-electron chi connectivity index (χ2n) is 3.08.